The van der Waals surface area contributed by atoms with Crippen LogP contribution in [0.2, 0.25) is 0 Å². The van der Waals surface area contributed by atoms with E-state index in [1.165, 1.54) is 0 Å². The smallest absolute Gasteiger partial charge is 0.227 e. The number of carbonyl (C=O) groups excluding carboxylic acids is 1. The molecule has 3 N–H and O–H groups in total. The van der Waals surface area contributed by atoms with Crippen LogP contribution in [0.5, 0.6) is 5.75 Å². The molecule has 4 nitrogen and oxygen atoms in total. The van der Waals surface area contributed by atoms with Crippen molar-refractivity contribution in [3.05, 3.63) is 29.8 Å². The SMILES string of the molecule is COc1ccc(CNC(=O)C2(CN)CCC(C)CC2)cc1. The van der Waals surface area contributed by atoms with Crippen LogP contribution in [-0.4, -0.2) is 19.6 Å². The molecule has 4 heteroatoms. The highest BCUT2D eigenvalue weighted by atomic mass is 16.5. The van der Waals surface area contributed by atoms with Crippen LogP contribution >= 0.6 is 0 Å². The third-order valence-corrected chi connectivity index (χ3v) is 4.72. The lowest BCUT2D eigenvalue weighted by atomic mass is 9.70. The minimum absolute atomic E-state index is 0.104. The van der Waals surface area contributed by atoms with Crippen molar-refractivity contribution in [1.82, 2.24) is 5.32 Å². The van der Waals surface area contributed by atoms with Crippen LogP contribution in [0.3, 0.4) is 0 Å². The fourth-order valence-corrected chi connectivity index (χ4v) is 2.95. The van der Waals surface area contributed by atoms with Gasteiger partial charge in [-0.05, 0) is 49.3 Å². The van der Waals surface area contributed by atoms with Crippen molar-refractivity contribution in [1.29, 1.82) is 0 Å². The summed E-state index contributed by atoms with van der Waals surface area (Å²) in [6.07, 6.45) is 3.98. The zero-order chi connectivity index (χ0) is 15.3. The van der Waals surface area contributed by atoms with E-state index >= 15 is 0 Å². The minimum Gasteiger partial charge on any atom is -0.497 e. The highest BCUT2D eigenvalue weighted by molar-refractivity contribution is 5.83. The fourth-order valence-electron chi connectivity index (χ4n) is 2.95. The molecule has 1 aliphatic carbocycles. The van der Waals surface area contributed by atoms with Crippen LogP contribution in [0.1, 0.15) is 38.2 Å². The Morgan fingerprint density at radius 2 is 1.95 bits per heavy atom. The Balaban J connectivity index is 1.93. The van der Waals surface area contributed by atoms with Gasteiger partial charge < -0.3 is 15.8 Å². The lowest BCUT2D eigenvalue weighted by Gasteiger charge is -2.37. The molecular formula is C17H26N2O2. The molecule has 0 aliphatic heterocycles. The standard InChI is InChI=1S/C17H26N2O2/c1-13-7-9-17(12-18,10-8-13)16(20)19-11-14-3-5-15(21-2)6-4-14/h3-6,13H,7-12,18H2,1-2H3,(H,19,20). The summed E-state index contributed by atoms with van der Waals surface area (Å²) in [5.41, 5.74) is 6.62. The molecule has 21 heavy (non-hydrogen) atoms. The summed E-state index contributed by atoms with van der Waals surface area (Å²) in [5.74, 6) is 1.64. The molecule has 0 radical (unpaired) electrons. The van der Waals surface area contributed by atoms with E-state index in [-0.39, 0.29) is 11.3 Å². The average Bonchev–Trinajstić information content (AvgIpc) is 2.54. The van der Waals surface area contributed by atoms with Crippen LogP contribution < -0.4 is 15.8 Å². The second kappa shape index (κ2) is 6.94. The summed E-state index contributed by atoms with van der Waals surface area (Å²) in [6, 6.07) is 7.75. The molecule has 1 aromatic carbocycles. The van der Waals surface area contributed by atoms with Crippen LogP contribution in [0.25, 0.3) is 0 Å². The number of methoxy groups -OCH3 is 1. The van der Waals surface area contributed by atoms with E-state index in [1.807, 2.05) is 24.3 Å². The molecule has 0 saturated heterocycles. The van der Waals surface area contributed by atoms with Crippen LogP contribution in [0.15, 0.2) is 24.3 Å². The summed E-state index contributed by atoms with van der Waals surface area (Å²) in [4.78, 5) is 12.5. The molecule has 1 aromatic rings. The van der Waals surface area contributed by atoms with Gasteiger partial charge in [0.2, 0.25) is 5.91 Å². The van der Waals surface area contributed by atoms with E-state index in [1.54, 1.807) is 7.11 Å². The Hall–Kier alpha value is -1.55. The van der Waals surface area contributed by atoms with Gasteiger partial charge in [-0.2, -0.15) is 0 Å². The first kappa shape index (κ1) is 15.8. The quantitative estimate of drug-likeness (QED) is 0.875. The summed E-state index contributed by atoms with van der Waals surface area (Å²) >= 11 is 0. The molecule has 0 unspecified atom stereocenters. The number of hydrogen-bond donors (Lipinski definition) is 2. The average molecular weight is 290 g/mol. The Kier molecular flexibility index (Phi) is 5.23. The number of nitrogens with one attached hydrogen (secondary N) is 1. The Morgan fingerprint density at radius 3 is 2.48 bits per heavy atom. The molecule has 0 spiro atoms. The maximum atomic E-state index is 12.5. The Morgan fingerprint density at radius 1 is 1.33 bits per heavy atom. The second-order valence-electron chi connectivity index (χ2n) is 6.20. The highest BCUT2D eigenvalue weighted by Gasteiger charge is 2.39. The van der Waals surface area contributed by atoms with Crippen molar-refractivity contribution in [3.63, 3.8) is 0 Å². The van der Waals surface area contributed by atoms with E-state index < -0.39 is 0 Å². The molecule has 1 saturated carbocycles. The van der Waals surface area contributed by atoms with E-state index in [4.69, 9.17) is 10.5 Å². The van der Waals surface area contributed by atoms with E-state index in [0.29, 0.717) is 19.0 Å². The van der Waals surface area contributed by atoms with Crippen molar-refractivity contribution in [2.24, 2.45) is 17.1 Å². The number of benzene rings is 1. The molecule has 0 heterocycles. The number of ether oxygens (including phenoxy) is 1. The van der Waals surface area contributed by atoms with Gasteiger partial charge in [0.1, 0.15) is 5.75 Å². The van der Waals surface area contributed by atoms with Crippen LogP contribution in [0.4, 0.5) is 0 Å². The van der Waals surface area contributed by atoms with E-state index in [2.05, 4.69) is 12.2 Å². The molecule has 1 aliphatic rings. The van der Waals surface area contributed by atoms with Crippen molar-refractivity contribution >= 4 is 5.91 Å². The number of amides is 1. The monoisotopic (exact) mass is 290 g/mol. The minimum atomic E-state index is -0.362. The normalized spacial score (nSPS) is 25.4. The van der Waals surface area contributed by atoms with Gasteiger partial charge in [0.25, 0.3) is 0 Å². The molecule has 1 amide bonds. The molecule has 0 atom stereocenters. The van der Waals surface area contributed by atoms with Crippen molar-refractivity contribution in [3.8, 4) is 5.75 Å². The van der Waals surface area contributed by atoms with Crippen molar-refractivity contribution in [2.75, 3.05) is 13.7 Å². The molecular weight excluding hydrogens is 264 g/mol. The second-order valence-corrected chi connectivity index (χ2v) is 6.20. The van der Waals surface area contributed by atoms with Crippen LogP contribution in [-0.2, 0) is 11.3 Å². The van der Waals surface area contributed by atoms with Crippen molar-refractivity contribution in [2.45, 2.75) is 39.2 Å². The molecule has 2 rings (SSSR count). The van der Waals surface area contributed by atoms with Gasteiger partial charge >= 0.3 is 0 Å². The third-order valence-electron chi connectivity index (χ3n) is 4.72. The van der Waals surface area contributed by atoms with Gasteiger partial charge in [-0.15, -0.1) is 0 Å². The first-order valence-electron chi connectivity index (χ1n) is 7.71. The summed E-state index contributed by atoms with van der Waals surface area (Å²) in [6.45, 7) is 3.23. The van der Waals surface area contributed by atoms with E-state index in [9.17, 15) is 4.79 Å². The van der Waals surface area contributed by atoms with E-state index in [0.717, 1.165) is 37.0 Å². The summed E-state index contributed by atoms with van der Waals surface area (Å²) in [5, 5.41) is 3.05. The zero-order valence-electron chi connectivity index (χ0n) is 13.0. The lowest BCUT2D eigenvalue weighted by Crippen LogP contribution is -2.47. The predicted octanol–water partition coefficient (Wildman–Crippen LogP) is 2.47. The van der Waals surface area contributed by atoms with Crippen molar-refractivity contribution < 1.29 is 9.53 Å². The van der Waals surface area contributed by atoms with Gasteiger partial charge in [-0.25, -0.2) is 0 Å². The Labute approximate surface area is 127 Å². The van der Waals surface area contributed by atoms with Gasteiger partial charge in [0.15, 0.2) is 0 Å². The zero-order valence-corrected chi connectivity index (χ0v) is 13.0. The molecule has 0 aromatic heterocycles. The fraction of sp³-hybridized carbons (Fsp3) is 0.588. The van der Waals surface area contributed by atoms with Crippen LogP contribution in [0, 0.1) is 11.3 Å². The maximum Gasteiger partial charge on any atom is 0.227 e. The predicted molar refractivity (Wildman–Crippen MR) is 84.0 cm³/mol. The van der Waals surface area contributed by atoms with Gasteiger partial charge in [0.05, 0.1) is 12.5 Å². The lowest BCUT2D eigenvalue weighted by molar-refractivity contribution is -0.133. The van der Waals surface area contributed by atoms with Gasteiger partial charge in [0, 0.05) is 13.1 Å². The summed E-state index contributed by atoms with van der Waals surface area (Å²) < 4.78 is 5.13. The molecule has 116 valence electrons. The Bertz CT molecular complexity index is 462. The highest BCUT2D eigenvalue weighted by Crippen LogP contribution is 2.38. The first-order valence-corrected chi connectivity index (χ1v) is 7.71. The number of rotatable bonds is 5. The molecule has 0 bridgehead atoms. The third kappa shape index (κ3) is 3.76. The first-order chi connectivity index (χ1) is 10.1. The maximum absolute atomic E-state index is 12.5. The number of carbonyl (C=O) groups is 1. The topological polar surface area (TPSA) is 64.3 Å². The van der Waals surface area contributed by atoms with Gasteiger partial charge in [-0.1, -0.05) is 19.1 Å². The summed E-state index contributed by atoms with van der Waals surface area (Å²) in [7, 11) is 1.64. The number of nitrogens with two attached hydrogens (primary N) is 1. The van der Waals surface area contributed by atoms with Gasteiger partial charge in [-0.3, -0.25) is 4.79 Å². The largest absolute Gasteiger partial charge is 0.497 e. The number of hydrogen-bond acceptors (Lipinski definition) is 3. The molecule has 1 fully saturated rings.